The minimum absolute atomic E-state index is 0.00941. The Kier molecular flexibility index (Phi) is 6.52. The highest BCUT2D eigenvalue weighted by molar-refractivity contribution is 7.91. The van der Waals surface area contributed by atoms with E-state index in [1.165, 1.54) is 0 Å². The monoisotopic (exact) mass is 370 g/mol. The molecule has 2 unspecified atom stereocenters. The van der Waals surface area contributed by atoms with Crippen molar-refractivity contribution in [1.29, 1.82) is 0 Å². The highest BCUT2D eigenvalue weighted by Gasteiger charge is 2.30. The summed E-state index contributed by atoms with van der Waals surface area (Å²) in [6, 6.07) is 4.54. The molecule has 1 aliphatic heterocycles. The summed E-state index contributed by atoms with van der Waals surface area (Å²) < 4.78 is 34.1. The summed E-state index contributed by atoms with van der Waals surface area (Å²) in [5.74, 6) is 1.21. The van der Waals surface area contributed by atoms with Crippen LogP contribution in [-0.4, -0.2) is 51.1 Å². The Morgan fingerprint density at radius 3 is 2.60 bits per heavy atom. The van der Waals surface area contributed by atoms with E-state index in [1.807, 2.05) is 19.9 Å². The molecule has 1 aliphatic rings. The van der Waals surface area contributed by atoms with Gasteiger partial charge in [-0.1, -0.05) is 0 Å². The fraction of sp³-hybridized carbons (Fsp3) is 0.588. The second-order valence-electron chi connectivity index (χ2n) is 6.00. The zero-order chi connectivity index (χ0) is 18.4. The number of anilines is 1. The predicted molar refractivity (Wildman–Crippen MR) is 97.1 cm³/mol. The average Bonchev–Trinajstić information content (AvgIpc) is 2.89. The van der Waals surface area contributed by atoms with Crippen molar-refractivity contribution in [3.8, 4) is 11.5 Å². The number of ether oxygens (including phenoxy) is 2. The molecular formula is C17H26N2O5S. The zero-order valence-corrected chi connectivity index (χ0v) is 15.7. The van der Waals surface area contributed by atoms with Crippen LogP contribution in [0.2, 0.25) is 0 Å². The normalized spacial score (nSPS) is 19.9. The van der Waals surface area contributed by atoms with E-state index in [4.69, 9.17) is 9.47 Å². The first-order valence-corrected chi connectivity index (χ1v) is 10.3. The van der Waals surface area contributed by atoms with E-state index in [2.05, 4.69) is 10.6 Å². The number of rotatable bonds is 8. The molecule has 8 heteroatoms. The van der Waals surface area contributed by atoms with Gasteiger partial charge in [-0.15, -0.1) is 0 Å². The van der Waals surface area contributed by atoms with Gasteiger partial charge in [0.1, 0.15) is 17.5 Å². The highest BCUT2D eigenvalue weighted by atomic mass is 32.2. The van der Waals surface area contributed by atoms with Crippen LogP contribution in [0.25, 0.3) is 0 Å². The maximum atomic E-state index is 12.4. The lowest BCUT2D eigenvalue weighted by atomic mass is 10.2. The first-order chi connectivity index (χ1) is 11.8. The zero-order valence-electron chi connectivity index (χ0n) is 14.9. The standard InChI is InChI=1S/C17H26N2O5S/c1-4-23-14-6-7-16(24-5-2)15(10-14)18-12(3)17(20)19-13-8-9-25(21,22)11-13/h6-7,10,12-13,18H,4-5,8-9,11H2,1-3H3,(H,19,20). The number of nitrogens with one attached hydrogen (secondary N) is 2. The minimum Gasteiger partial charge on any atom is -0.494 e. The van der Waals surface area contributed by atoms with Gasteiger partial charge in [0.05, 0.1) is 30.4 Å². The van der Waals surface area contributed by atoms with Gasteiger partial charge in [-0.05, 0) is 39.3 Å². The summed E-state index contributed by atoms with van der Waals surface area (Å²) in [4.78, 5) is 12.4. The maximum Gasteiger partial charge on any atom is 0.242 e. The molecule has 25 heavy (non-hydrogen) atoms. The van der Waals surface area contributed by atoms with E-state index in [0.717, 1.165) is 0 Å². The van der Waals surface area contributed by atoms with Crippen molar-refractivity contribution < 1.29 is 22.7 Å². The van der Waals surface area contributed by atoms with E-state index in [9.17, 15) is 13.2 Å². The first kappa shape index (κ1) is 19.4. The molecule has 1 heterocycles. The van der Waals surface area contributed by atoms with Gasteiger partial charge >= 0.3 is 0 Å². The molecule has 0 radical (unpaired) electrons. The quantitative estimate of drug-likeness (QED) is 0.722. The first-order valence-electron chi connectivity index (χ1n) is 8.51. The molecule has 0 spiro atoms. The van der Waals surface area contributed by atoms with Gasteiger partial charge in [-0.2, -0.15) is 0 Å². The predicted octanol–water partition coefficient (Wildman–Crippen LogP) is 1.59. The largest absolute Gasteiger partial charge is 0.494 e. The molecule has 2 atom stereocenters. The van der Waals surface area contributed by atoms with Gasteiger partial charge in [0.15, 0.2) is 9.84 Å². The minimum atomic E-state index is -3.02. The third-order valence-corrected chi connectivity index (χ3v) is 5.67. The fourth-order valence-corrected chi connectivity index (χ4v) is 4.37. The Morgan fingerprint density at radius 1 is 1.28 bits per heavy atom. The van der Waals surface area contributed by atoms with Gasteiger partial charge in [-0.3, -0.25) is 4.79 Å². The molecule has 1 saturated heterocycles. The summed E-state index contributed by atoms with van der Waals surface area (Å²) in [6.07, 6.45) is 0.463. The average molecular weight is 370 g/mol. The van der Waals surface area contributed by atoms with Crippen LogP contribution in [0.1, 0.15) is 27.2 Å². The Bertz CT molecular complexity index is 705. The number of hydrogen-bond donors (Lipinski definition) is 2. The maximum absolute atomic E-state index is 12.4. The topological polar surface area (TPSA) is 93.7 Å². The van der Waals surface area contributed by atoms with Crippen molar-refractivity contribution in [2.24, 2.45) is 0 Å². The highest BCUT2D eigenvalue weighted by Crippen LogP contribution is 2.30. The summed E-state index contributed by atoms with van der Waals surface area (Å²) in [6.45, 7) is 6.55. The van der Waals surface area contributed by atoms with E-state index in [-0.39, 0.29) is 23.5 Å². The Labute approximate surface area is 149 Å². The molecule has 1 aromatic carbocycles. The third kappa shape index (κ3) is 5.52. The molecule has 7 nitrogen and oxygen atoms in total. The molecule has 2 rings (SSSR count). The molecule has 0 saturated carbocycles. The van der Waals surface area contributed by atoms with Crippen molar-refractivity contribution in [3.05, 3.63) is 18.2 Å². The number of hydrogen-bond acceptors (Lipinski definition) is 6. The van der Waals surface area contributed by atoms with Crippen LogP contribution in [0.15, 0.2) is 18.2 Å². The van der Waals surface area contributed by atoms with Gasteiger partial charge in [0, 0.05) is 12.1 Å². The summed E-state index contributed by atoms with van der Waals surface area (Å²) in [5.41, 5.74) is 0.662. The van der Waals surface area contributed by atoms with E-state index >= 15 is 0 Å². The van der Waals surface area contributed by atoms with Crippen LogP contribution in [0.3, 0.4) is 0 Å². The van der Waals surface area contributed by atoms with Crippen molar-refractivity contribution in [1.82, 2.24) is 5.32 Å². The number of carbonyl (C=O) groups is 1. The molecule has 140 valence electrons. The molecule has 1 fully saturated rings. The van der Waals surface area contributed by atoms with Crippen LogP contribution in [0.5, 0.6) is 11.5 Å². The van der Waals surface area contributed by atoms with Gasteiger partial charge in [-0.25, -0.2) is 8.42 Å². The van der Waals surface area contributed by atoms with Crippen molar-refractivity contribution >= 4 is 21.4 Å². The number of carbonyl (C=O) groups excluding carboxylic acids is 1. The molecule has 0 bridgehead atoms. The molecule has 1 aromatic rings. The number of benzene rings is 1. The van der Waals surface area contributed by atoms with Gasteiger partial charge in [0.2, 0.25) is 5.91 Å². The number of amides is 1. The van der Waals surface area contributed by atoms with E-state index in [0.29, 0.717) is 36.8 Å². The molecule has 0 aliphatic carbocycles. The smallest absolute Gasteiger partial charge is 0.242 e. The molecule has 2 N–H and O–H groups in total. The van der Waals surface area contributed by atoms with Crippen LogP contribution >= 0.6 is 0 Å². The Morgan fingerprint density at radius 2 is 2.00 bits per heavy atom. The Balaban J connectivity index is 2.03. The van der Waals surface area contributed by atoms with E-state index < -0.39 is 15.9 Å². The Hall–Kier alpha value is -1.96. The third-order valence-electron chi connectivity index (χ3n) is 3.91. The van der Waals surface area contributed by atoms with E-state index in [1.54, 1.807) is 19.1 Å². The second-order valence-corrected chi connectivity index (χ2v) is 8.23. The fourth-order valence-electron chi connectivity index (χ4n) is 2.69. The van der Waals surface area contributed by atoms with Crippen molar-refractivity contribution in [3.63, 3.8) is 0 Å². The van der Waals surface area contributed by atoms with Crippen LogP contribution < -0.4 is 20.1 Å². The summed E-state index contributed by atoms with van der Waals surface area (Å²) >= 11 is 0. The lowest BCUT2D eigenvalue weighted by molar-refractivity contribution is -0.122. The molecule has 0 aromatic heterocycles. The van der Waals surface area contributed by atoms with Crippen molar-refractivity contribution in [2.75, 3.05) is 30.0 Å². The van der Waals surface area contributed by atoms with Crippen LogP contribution in [0, 0.1) is 0 Å². The lowest BCUT2D eigenvalue weighted by Crippen LogP contribution is -2.43. The van der Waals surface area contributed by atoms with Crippen molar-refractivity contribution in [2.45, 2.75) is 39.3 Å². The SMILES string of the molecule is CCOc1ccc(OCC)c(NC(C)C(=O)NC2CCS(=O)(=O)C2)c1. The van der Waals surface area contributed by atoms with Gasteiger partial charge < -0.3 is 20.1 Å². The molecular weight excluding hydrogens is 344 g/mol. The van der Waals surface area contributed by atoms with Gasteiger partial charge in [0.25, 0.3) is 0 Å². The molecule has 1 amide bonds. The summed E-state index contributed by atoms with van der Waals surface area (Å²) in [7, 11) is -3.02. The number of sulfone groups is 1. The van der Waals surface area contributed by atoms with Crippen LogP contribution in [0.4, 0.5) is 5.69 Å². The second kappa shape index (κ2) is 8.42. The van der Waals surface area contributed by atoms with Crippen LogP contribution in [-0.2, 0) is 14.6 Å². The summed E-state index contributed by atoms with van der Waals surface area (Å²) in [5, 5.41) is 5.92. The lowest BCUT2D eigenvalue weighted by Gasteiger charge is -2.20.